The number of halogens is 1. The van der Waals surface area contributed by atoms with Gasteiger partial charge in [-0.15, -0.1) is 0 Å². The fourth-order valence-electron chi connectivity index (χ4n) is 2.09. The van der Waals surface area contributed by atoms with Crippen LogP contribution in [-0.2, 0) is 16.9 Å². The average Bonchev–Trinajstić information content (AvgIpc) is 2.40. The third-order valence-corrected chi connectivity index (χ3v) is 4.69. The van der Waals surface area contributed by atoms with Crippen molar-refractivity contribution in [1.29, 1.82) is 0 Å². The predicted molar refractivity (Wildman–Crippen MR) is 85.7 cm³/mol. The molecule has 1 aromatic carbocycles. The highest BCUT2D eigenvalue weighted by Crippen LogP contribution is 2.26. The second kappa shape index (κ2) is 5.77. The van der Waals surface area contributed by atoms with E-state index in [1.807, 2.05) is 0 Å². The summed E-state index contributed by atoms with van der Waals surface area (Å²) in [6, 6.07) is 6.86. The first-order valence-electron chi connectivity index (χ1n) is 6.21. The van der Waals surface area contributed by atoms with Gasteiger partial charge >= 0.3 is 0 Å². The highest BCUT2D eigenvalue weighted by Gasteiger charge is 2.27. The Kier molecular flexibility index (Phi) is 4.35. The molecule has 6 nitrogen and oxygen atoms in total. The molecule has 2 rings (SSSR count). The molecule has 116 valence electrons. The number of aromatic nitrogens is 2. The molecule has 22 heavy (non-hydrogen) atoms. The number of nitrogens with zero attached hydrogens (tertiary/aromatic N) is 2. The van der Waals surface area contributed by atoms with Crippen molar-refractivity contribution in [2.45, 2.75) is 11.8 Å². The molecule has 0 fully saturated rings. The molecule has 1 aromatic heterocycles. The third kappa shape index (κ3) is 3.02. The predicted octanol–water partition coefficient (Wildman–Crippen LogP) is 1.82. The van der Waals surface area contributed by atoms with Gasteiger partial charge in [0, 0.05) is 23.3 Å². The van der Waals surface area contributed by atoms with E-state index in [4.69, 9.17) is 0 Å². The summed E-state index contributed by atoms with van der Waals surface area (Å²) in [5, 5.41) is 4.07. The van der Waals surface area contributed by atoms with Crippen molar-refractivity contribution in [2.24, 2.45) is 7.05 Å². The zero-order valence-electron chi connectivity index (χ0n) is 12.1. The molecule has 0 amide bonds. The van der Waals surface area contributed by atoms with Crippen LogP contribution in [-0.4, -0.2) is 30.2 Å². The molecule has 0 aliphatic heterocycles. The summed E-state index contributed by atoms with van der Waals surface area (Å²) in [5.74, 6) is -0.524. The van der Waals surface area contributed by atoms with Crippen LogP contribution in [0.4, 0.5) is 0 Å². The minimum atomic E-state index is -3.87. The number of sulfone groups is 1. The Morgan fingerprint density at radius 1 is 1.23 bits per heavy atom. The molecule has 2 aromatic rings. The van der Waals surface area contributed by atoms with Gasteiger partial charge < -0.3 is 0 Å². The van der Waals surface area contributed by atoms with Gasteiger partial charge in [-0.05, 0) is 19.1 Å². The zero-order chi connectivity index (χ0) is 16.7. The summed E-state index contributed by atoms with van der Waals surface area (Å²) >= 11 is 3.30. The number of benzene rings is 1. The molecule has 0 spiro atoms. The molecular weight excluding hydrogens is 372 g/mol. The normalized spacial score (nSPS) is 11.5. The number of rotatable bonds is 3. The Hall–Kier alpha value is -1.80. The third-order valence-electron chi connectivity index (χ3n) is 3.04. The number of Topliss-reactive ketones (excluding diaryl/α,β-unsaturated/α-hetero) is 1. The number of hydrogen-bond donors (Lipinski definition) is 0. The fraction of sp³-hybridized carbons (Fsp3) is 0.214. The van der Waals surface area contributed by atoms with Crippen molar-refractivity contribution in [3.63, 3.8) is 0 Å². The summed E-state index contributed by atoms with van der Waals surface area (Å²) in [4.78, 5) is 23.6. The average molecular weight is 385 g/mol. The maximum absolute atomic E-state index is 12.1. The Morgan fingerprint density at radius 2 is 1.77 bits per heavy atom. The number of carbonyl (C=O) groups excluding carboxylic acids is 1. The first-order chi connectivity index (χ1) is 10.1. The van der Waals surface area contributed by atoms with Gasteiger partial charge in [0.25, 0.3) is 5.56 Å². The Bertz CT molecular complexity index is 915. The van der Waals surface area contributed by atoms with Crippen LogP contribution in [0.5, 0.6) is 0 Å². The molecule has 0 unspecified atom stereocenters. The lowest BCUT2D eigenvalue weighted by atomic mass is 10.0. The van der Waals surface area contributed by atoms with E-state index in [-0.39, 0.29) is 11.3 Å². The second-order valence-corrected chi connectivity index (χ2v) is 7.68. The lowest BCUT2D eigenvalue weighted by molar-refractivity contribution is 0.101. The minimum absolute atomic E-state index is 0.169. The van der Waals surface area contributed by atoms with E-state index >= 15 is 0 Å². The quantitative estimate of drug-likeness (QED) is 0.753. The van der Waals surface area contributed by atoms with Gasteiger partial charge in [-0.2, -0.15) is 5.10 Å². The van der Waals surface area contributed by atoms with Gasteiger partial charge in [0.15, 0.2) is 15.6 Å². The topological polar surface area (TPSA) is 86.1 Å². The first-order valence-corrected chi connectivity index (χ1v) is 8.89. The smallest absolute Gasteiger partial charge is 0.286 e. The van der Waals surface area contributed by atoms with Crippen LogP contribution in [0.1, 0.15) is 17.3 Å². The van der Waals surface area contributed by atoms with Crippen molar-refractivity contribution in [2.75, 3.05) is 6.26 Å². The summed E-state index contributed by atoms with van der Waals surface area (Å²) in [5.41, 5.74) is -0.266. The molecule has 0 atom stereocenters. The summed E-state index contributed by atoms with van der Waals surface area (Å²) < 4.78 is 25.7. The van der Waals surface area contributed by atoms with Gasteiger partial charge in [-0.3, -0.25) is 9.59 Å². The summed E-state index contributed by atoms with van der Waals surface area (Å²) in [7, 11) is -2.52. The van der Waals surface area contributed by atoms with Gasteiger partial charge in [0.1, 0.15) is 10.6 Å². The van der Waals surface area contributed by atoms with E-state index in [2.05, 4.69) is 21.0 Å². The molecule has 0 aliphatic rings. The van der Waals surface area contributed by atoms with Crippen molar-refractivity contribution >= 4 is 31.6 Å². The highest BCUT2D eigenvalue weighted by atomic mass is 79.9. The monoisotopic (exact) mass is 384 g/mol. The summed E-state index contributed by atoms with van der Waals surface area (Å²) in [6.45, 7) is 1.22. The minimum Gasteiger partial charge on any atom is -0.294 e. The largest absolute Gasteiger partial charge is 0.294 e. The second-order valence-electron chi connectivity index (χ2n) is 4.82. The Labute approximate surface area is 135 Å². The van der Waals surface area contributed by atoms with Crippen molar-refractivity contribution in [3.8, 4) is 11.3 Å². The molecule has 8 heteroatoms. The van der Waals surface area contributed by atoms with E-state index < -0.39 is 26.1 Å². The van der Waals surface area contributed by atoms with Gasteiger partial charge in [-0.25, -0.2) is 13.1 Å². The number of ketones is 1. The van der Waals surface area contributed by atoms with Gasteiger partial charge in [-0.1, -0.05) is 28.1 Å². The van der Waals surface area contributed by atoms with Crippen LogP contribution in [0.3, 0.4) is 0 Å². The van der Waals surface area contributed by atoms with Crippen LogP contribution >= 0.6 is 15.9 Å². The summed E-state index contributed by atoms with van der Waals surface area (Å²) in [6.07, 6.45) is 0.904. The Balaban J connectivity index is 2.97. The van der Waals surface area contributed by atoms with Crippen molar-refractivity contribution in [1.82, 2.24) is 9.78 Å². The highest BCUT2D eigenvalue weighted by molar-refractivity contribution is 9.10. The van der Waals surface area contributed by atoms with E-state index in [9.17, 15) is 18.0 Å². The lowest BCUT2D eigenvalue weighted by Gasteiger charge is -2.12. The SMILES string of the molecule is CC(=O)c1c(-c2ccc(Br)cc2)nn(C)c(=O)c1S(C)(=O)=O. The molecule has 0 radical (unpaired) electrons. The van der Waals surface area contributed by atoms with Crippen molar-refractivity contribution < 1.29 is 13.2 Å². The van der Waals surface area contributed by atoms with E-state index in [0.29, 0.717) is 5.56 Å². The van der Waals surface area contributed by atoms with E-state index in [0.717, 1.165) is 15.4 Å². The Morgan fingerprint density at radius 3 is 2.23 bits per heavy atom. The van der Waals surface area contributed by atoms with Crippen LogP contribution in [0.25, 0.3) is 11.3 Å². The number of aryl methyl sites for hydroxylation is 1. The van der Waals surface area contributed by atoms with Crippen molar-refractivity contribution in [3.05, 3.63) is 44.7 Å². The van der Waals surface area contributed by atoms with Crippen LogP contribution in [0.15, 0.2) is 38.4 Å². The molecule has 0 aliphatic carbocycles. The van der Waals surface area contributed by atoms with Gasteiger partial charge in [0.05, 0.1) is 5.56 Å². The van der Waals surface area contributed by atoms with Crippen LogP contribution in [0.2, 0.25) is 0 Å². The fourth-order valence-corrected chi connectivity index (χ4v) is 3.41. The molecule has 0 saturated carbocycles. The van der Waals surface area contributed by atoms with E-state index in [1.165, 1.54) is 14.0 Å². The van der Waals surface area contributed by atoms with Crippen LogP contribution in [0, 0.1) is 0 Å². The molecule has 1 heterocycles. The van der Waals surface area contributed by atoms with Crippen LogP contribution < -0.4 is 5.56 Å². The maximum Gasteiger partial charge on any atom is 0.286 e. The number of carbonyl (C=O) groups is 1. The standard InChI is InChI=1S/C14H13BrN2O4S/c1-8(18)11-12(9-4-6-10(15)7-5-9)16-17(2)14(19)13(11)22(3,20)21/h4-7H,1-3H3. The molecule has 0 saturated heterocycles. The lowest BCUT2D eigenvalue weighted by Crippen LogP contribution is -2.29. The molecule has 0 N–H and O–H groups in total. The molecule has 0 bridgehead atoms. The number of hydrogen-bond acceptors (Lipinski definition) is 5. The first kappa shape index (κ1) is 16.6. The molecular formula is C14H13BrN2O4S. The zero-order valence-corrected chi connectivity index (χ0v) is 14.5. The van der Waals surface area contributed by atoms with Gasteiger partial charge in [0.2, 0.25) is 0 Å². The maximum atomic E-state index is 12.1. The van der Waals surface area contributed by atoms with E-state index in [1.54, 1.807) is 24.3 Å².